The van der Waals surface area contributed by atoms with Gasteiger partial charge < -0.3 is 20.4 Å². The van der Waals surface area contributed by atoms with E-state index in [1.165, 1.54) is 0 Å². The summed E-state index contributed by atoms with van der Waals surface area (Å²) in [5, 5.41) is 42.5. The zero-order valence-electron chi connectivity index (χ0n) is 18.4. The topological polar surface area (TPSA) is 98.0 Å². The van der Waals surface area contributed by atoms with E-state index >= 15 is 0 Å². The first-order valence-corrected chi connectivity index (χ1v) is 11.8. The van der Waals surface area contributed by atoms with Gasteiger partial charge in [0.1, 0.15) is 0 Å². The number of carboxylic acids is 1. The van der Waals surface area contributed by atoms with Crippen LogP contribution in [0, 0.1) is 52.3 Å². The molecule has 0 aromatic rings. The molecule has 4 aliphatic carbocycles. The molecular formula is C24H40O5. The molecule has 5 heteroatoms. The predicted molar refractivity (Wildman–Crippen MR) is 110 cm³/mol. The Morgan fingerprint density at radius 3 is 2.31 bits per heavy atom. The second kappa shape index (κ2) is 7.20. The van der Waals surface area contributed by atoms with Crippen LogP contribution in [0.15, 0.2) is 0 Å². The van der Waals surface area contributed by atoms with Crippen molar-refractivity contribution in [2.75, 3.05) is 0 Å². The summed E-state index contributed by atoms with van der Waals surface area (Å²) in [5.74, 6) is -0.00496. The van der Waals surface area contributed by atoms with Crippen molar-refractivity contribution in [2.24, 2.45) is 52.3 Å². The van der Waals surface area contributed by atoms with Gasteiger partial charge in [0, 0.05) is 0 Å². The number of hydrogen-bond acceptors (Lipinski definition) is 4. The van der Waals surface area contributed by atoms with Gasteiger partial charge >= 0.3 is 5.97 Å². The van der Waals surface area contributed by atoms with Gasteiger partial charge in [0.25, 0.3) is 0 Å². The van der Waals surface area contributed by atoms with Gasteiger partial charge in [0.15, 0.2) is 0 Å². The van der Waals surface area contributed by atoms with Crippen molar-refractivity contribution in [1.29, 1.82) is 0 Å². The van der Waals surface area contributed by atoms with Crippen LogP contribution < -0.4 is 0 Å². The molecule has 4 aliphatic rings. The van der Waals surface area contributed by atoms with Gasteiger partial charge in [-0.25, -0.2) is 0 Å². The molecule has 4 rings (SSSR count). The average molecular weight is 409 g/mol. The molecule has 0 amide bonds. The summed E-state index contributed by atoms with van der Waals surface area (Å²) in [4.78, 5) is 11.6. The average Bonchev–Trinajstić information content (AvgIpc) is 3.01. The molecule has 0 aliphatic heterocycles. The van der Waals surface area contributed by atoms with Crippen LogP contribution in [0.4, 0.5) is 0 Å². The first-order chi connectivity index (χ1) is 13.5. The van der Waals surface area contributed by atoms with Crippen molar-refractivity contribution in [3.8, 4) is 0 Å². The predicted octanol–water partition coefficient (Wildman–Crippen LogP) is 3.30. The Labute approximate surface area is 174 Å². The normalized spacial score (nSPS) is 54.0. The minimum atomic E-state index is -0.762. The lowest BCUT2D eigenvalue weighted by atomic mass is 9.43. The Morgan fingerprint density at radius 2 is 1.66 bits per heavy atom. The summed E-state index contributed by atoms with van der Waals surface area (Å²) in [6.07, 6.45) is 4.81. The van der Waals surface area contributed by atoms with Crippen molar-refractivity contribution in [3.63, 3.8) is 0 Å². The van der Waals surface area contributed by atoms with E-state index in [0.29, 0.717) is 12.3 Å². The second-order valence-electron chi connectivity index (χ2n) is 11.5. The van der Waals surface area contributed by atoms with Crippen molar-refractivity contribution >= 4 is 5.97 Å². The van der Waals surface area contributed by atoms with Crippen molar-refractivity contribution in [2.45, 2.75) is 91.0 Å². The molecule has 4 N–H and O–H groups in total. The van der Waals surface area contributed by atoms with E-state index in [-0.39, 0.29) is 52.6 Å². The van der Waals surface area contributed by atoms with Crippen LogP contribution in [-0.4, -0.2) is 44.7 Å². The molecule has 0 bridgehead atoms. The van der Waals surface area contributed by atoms with Gasteiger partial charge in [-0.2, -0.15) is 0 Å². The highest BCUT2D eigenvalue weighted by atomic mass is 16.4. The van der Waals surface area contributed by atoms with Crippen LogP contribution in [0.5, 0.6) is 0 Å². The molecule has 1 unspecified atom stereocenters. The zero-order valence-corrected chi connectivity index (χ0v) is 18.4. The molecule has 0 spiro atoms. The molecule has 0 heterocycles. The van der Waals surface area contributed by atoms with Gasteiger partial charge in [0.2, 0.25) is 0 Å². The summed E-state index contributed by atoms with van der Waals surface area (Å²) in [6, 6.07) is 0. The van der Waals surface area contributed by atoms with Crippen LogP contribution in [0.1, 0.15) is 72.6 Å². The van der Waals surface area contributed by atoms with Crippen molar-refractivity contribution in [3.05, 3.63) is 0 Å². The number of aliphatic hydroxyl groups is 3. The van der Waals surface area contributed by atoms with Gasteiger partial charge in [-0.3, -0.25) is 4.79 Å². The second-order valence-corrected chi connectivity index (χ2v) is 11.5. The molecule has 0 radical (unpaired) electrons. The number of aliphatic carboxylic acids is 1. The largest absolute Gasteiger partial charge is 0.481 e. The number of carbonyl (C=O) groups is 1. The fourth-order valence-electron chi connectivity index (χ4n) is 8.64. The fraction of sp³-hybridized carbons (Fsp3) is 0.958. The molecule has 5 nitrogen and oxygen atoms in total. The molecule has 0 saturated heterocycles. The van der Waals surface area contributed by atoms with Gasteiger partial charge in [-0.1, -0.05) is 27.7 Å². The van der Waals surface area contributed by atoms with E-state index in [0.717, 1.165) is 38.5 Å². The van der Waals surface area contributed by atoms with E-state index in [1.807, 2.05) is 6.92 Å². The summed E-state index contributed by atoms with van der Waals surface area (Å²) >= 11 is 0. The standard InChI is InChI=1S/C24H40O5/c1-12(13(2)22(28)29)16-5-6-17-21-18(11-20(27)24(16,17)4)23(3)8-7-15(25)9-14(23)10-19(21)26/h12-21,25-27H,5-11H2,1-4H3,(H,28,29)/t12-,13?,14+,15-,16-,17+,18+,19-,20+,21+,23+,24-/m1/s1. The first kappa shape index (κ1) is 21.6. The minimum absolute atomic E-state index is 0.00240. The van der Waals surface area contributed by atoms with E-state index < -0.39 is 18.0 Å². The highest BCUT2D eigenvalue weighted by molar-refractivity contribution is 5.69. The maximum absolute atomic E-state index is 11.6. The van der Waals surface area contributed by atoms with Crippen molar-refractivity contribution < 1.29 is 25.2 Å². The van der Waals surface area contributed by atoms with E-state index in [1.54, 1.807) is 6.92 Å². The molecule has 0 aromatic heterocycles. The Kier molecular flexibility index (Phi) is 5.36. The Morgan fingerprint density at radius 1 is 0.966 bits per heavy atom. The summed E-state index contributed by atoms with van der Waals surface area (Å²) < 4.78 is 0. The van der Waals surface area contributed by atoms with Crippen LogP contribution in [0.25, 0.3) is 0 Å². The molecule has 12 atom stereocenters. The van der Waals surface area contributed by atoms with Gasteiger partial charge in [-0.05, 0) is 91.3 Å². The maximum Gasteiger partial charge on any atom is 0.306 e. The zero-order chi connectivity index (χ0) is 21.3. The minimum Gasteiger partial charge on any atom is -0.481 e. The van der Waals surface area contributed by atoms with Crippen molar-refractivity contribution in [1.82, 2.24) is 0 Å². The van der Waals surface area contributed by atoms with E-state index in [4.69, 9.17) is 0 Å². The Hall–Kier alpha value is -0.650. The quantitative estimate of drug-likeness (QED) is 0.574. The third-order valence-corrected chi connectivity index (χ3v) is 10.6. The smallest absolute Gasteiger partial charge is 0.306 e. The highest BCUT2D eigenvalue weighted by Gasteiger charge is 2.66. The lowest BCUT2D eigenvalue weighted by molar-refractivity contribution is -0.208. The number of rotatable bonds is 3. The molecule has 0 aromatic carbocycles. The van der Waals surface area contributed by atoms with Crippen LogP contribution in [-0.2, 0) is 4.79 Å². The number of aliphatic hydroxyl groups excluding tert-OH is 3. The van der Waals surface area contributed by atoms with Crippen LogP contribution >= 0.6 is 0 Å². The van der Waals surface area contributed by atoms with Crippen LogP contribution in [0.3, 0.4) is 0 Å². The van der Waals surface area contributed by atoms with E-state index in [2.05, 4.69) is 13.8 Å². The first-order valence-electron chi connectivity index (χ1n) is 11.8. The number of hydrogen-bond donors (Lipinski definition) is 4. The van der Waals surface area contributed by atoms with E-state index in [9.17, 15) is 25.2 Å². The number of carboxylic acid groups (broad SMARTS) is 1. The van der Waals surface area contributed by atoms with Gasteiger partial charge in [0.05, 0.1) is 24.2 Å². The lowest BCUT2D eigenvalue weighted by Crippen LogP contribution is -2.62. The molecule has 166 valence electrons. The summed E-state index contributed by atoms with van der Waals surface area (Å²) in [5.41, 5.74) is -0.258. The number of fused-ring (bicyclic) bond motifs is 5. The third kappa shape index (κ3) is 3.02. The monoisotopic (exact) mass is 408 g/mol. The highest BCUT2D eigenvalue weighted by Crippen LogP contribution is 2.68. The Bertz CT molecular complexity index is 651. The Balaban J connectivity index is 1.66. The van der Waals surface area contributed by atoms with Gasteiger partial charge in [-0.15, -0.1) is 0 Å². The summed E-state index contributed by atoms with van der Waals surface area (Å²) in [6.45, 7) is 8.33. The third-order valence-electron chi connectivity index (χ3n) is 10.6. The maximum atomic E-state index is 11.6. The molecule has 4 saturated carbocycles. The summed E-state index contributed by atoms with van der Waals surface area (Å²) in [7, 11) is 0. The van der Waals surface area contributed by atoms with Crippen LogP contribution in [0.2, 0.25) is 0 Å². The molecule has 4 fully saturated rings. The fourth-order valence-corrected chi connectivity index (χ4v) is 8.64. The molecule has 29 heavy (non-hydrogen) atoms. The SMILES string of the molecule is CC(C(=O)O)[C@@H](C)[C@H]1CC[C@H]2[C@@H]3[C@H](O)C[C@@H]4C[C@H](O)CC[C@]4(C)[C@H]3C[C@H](O)[C@]12C. The lowest BCUT2D eigenvalue weighted by Gasteiger charge is -2.63. The molecular weight excluding hydrogens is 368 g/mol.